The SMILES string of the molecule is CCN(CC(=O)OC)S(=O)(=O)c1cnccc1Cl. The maximum absolute atomic E-state index is 12.2. The smallest absolute Gasteiger partial charge is 0.321 e. The standard InChI is InChI=1S/C10H13ClN2O4S/c1-3-13(7-10(14)17-2)18(15,16)9-6-12-5-4-8(9)11/h4-6H,3,7H2,1-2H3. The van der Waals surface area contributed by atoms with E-state index < -0.39 is 16.0 Å². The van der Waals surface area contributed by atoms with Gasteiger partial charge in [-0.05, 0) is 6.07 Å². The number of pyridine rings is 1. The lowest BCUT2D eigenvalue weighted by atomic mass is 10.5. The van der Waals surface area contributed by atoms with Crippen LogP contribution in [0.3, 0.4) is 0 Å². The topological polar surface area (TPSA) is 76.6 Å². The van der Waals surface area contributed by atoms with Crippen molar-refractivity contribution in [2.24, 2.45) is 0 Å². The van der Waals surface area contributed by atoms with E-state index in [1.165, 1.54) is 19.4 Å². The largest absolute Gasteiger partial charge is 0.468 e. The van der Waals surface area contributed by atoms with E-state index >= 15 is 0 Å². The van der Waals surface area contributed by atoms with E-state index in [1.807, 2.05) is 0 Å². The highest BCUT2D eigenvalue weighted by Crippen LogP contribution is 2.22. The molecule has 0 amide bonds. The molecule has 0 aliphatic heterocycles. The van der Waals surface area contributed by atoms with Gasteiger partial charge in [0.2, 0.25) is 10.0 Å². The molecule has 0 spiro atoms. The molecule has 0 aliphatic rings. The van der Waals surface area contributed by atoms with Crippen molar-refractivity contribution in [3.63, 3.8) is 0 Å². The average Bonchev–Trinajstić information content (AvgIpc) is 2.35. The molecule has 1 rings (SSSR count). The minimum Gasteiger partial charge on any atom is -0.468 e. The van der Waals surface area contributed by atoms with E-state index in [1.54, 1.807) is 6.92 Å². The Morgan fingerprint density at radius 2 is 2.22 bits per heavy atom. The van der Waals surface area contributed by atoms with Crippen LogP contribution in [0.4, 0.5) is 0 Å². The molecule has 0 radical (unpaired) electrons. The molecule has 1 aromatic heterocycles. The average molecular weight is 293 g/mol. The summed E-state index contributed by atoms with van der Waals surface area (Å²) in [5, 5.41) is 0.0633. The van der Waals surface area contributed by atoms with E-state index in [0.29, 0.717) is 0 Å². The Kier molecular flexibility index (Phi) is 5.06. The molecule has 0 bridgehead atoms. The summed E-state index contributed by atoms with van der Waals surface area (Å²) in [4.78, 5) is 14.8. The van der Waals surface area contributed by atoms with Gasteiger partial charge in [-0.15, -0.1) is 0 Å². The monoisotopic (exact) mass is 292 g/mol. The number of rotatable bonds is 5. The van der Waals surface area contributed by atoms with Crippen LogP contribution in [0.25, 0.3) is 0 Å². The first-order valence-corrected chi connectivity index (χ1v) is 6.91. The number of carbonyl (C=O) groups is 1. The van der Waals surface area contributed by atoms with Gasteiger partial charge in [0.15, 0.2) is 0 Å². The summed E-state index contributed by atoms with van der Waals surface area (Å²) in [6.45, 7) is 1.38. The Morgan fingerprint density at radius 3 is 2.72 bits per heavy atom. The highest BCUT2D eigenvalue weighted by Gasteiger charge is 2.27. The predicted octanol–water partition coefficient (Wildman–Crippen LogP) is 0.919. The third kappa shape index (κ3) is 3.18. The van der Waals surface area contributed by atoms with Gasteiger partial charge in [-0.2, -0.15) is 4.31 Å². The molecule has 1 aromatic rings. The number of esters is 1. The number of carbonyl (C=O) groups excluding carboxylic acids is 1. The van der Waals surface area contributed by atoms with Gasteiger partial charge in [0.25, 0.3) is 0 Å². The van der Waals surface area contributed by atoms with E-state index in [9.17, 15) is 13.2 Å². The first kappa shape index (κ1) is 14.9. The van der Waals surface area contributed by atoms with Crippen LogP contribution in [-0.4, -0.2) is 43.9 Å². The summed E-state index contributed by atoms with van der Waals surface area (Å²) in [6, 6.07) is 1.38. The number of sulfonamides is 1. The minimum atomic E-state index is -3.85. The number of nitrogens with zero attached hydrogens (tertiary/aromatic N) is 2. The van der Waals surface area contributed by atoms with Crippen LogP contribution >= 0.6 is 11.6 Å². The fourth-order valence-corrected chi connectivity index (χ4v) is 3.07. The quantitative estimate of drug-likeness (QED) is 0.754. The summed E-state index contributed by atoms with van der Waals surface area (Å²) in [6.07, 6.45) is 2.54. The van der Waals surface area contributed by atoms with Gasteiger partial charge in [-0.3, -0.25) is 9.78 Å². The summed E-state index contributed by atoms with van der Waals surface area (Å²) in [5.41, 5.74) is 0. The first-order valence-electron chi connectivity index (χ1n) is 5.10. The molecular weight excluding hydrogens is 280 g/mol. The molecule has 6 nitrogen and oxygen atoms in total. The molecule has 1 heterocycles. The van der Waals surface area contributed by atoms with Crippen LogP contribution in [0.5, 0.6) is 0 Å². The van der Waals surface area contributed by atoms with Gasteiger partial charge in [0.05, 0.1) is 12.1 Å². The molecule has 0 fully saturated rings. The molecule has 0 atom stereocenters. The number of ether oxygens (including phenoxy) is 1. The zero-order valence-corrected chi connectivity index (χ0v) is 11.5. The lowest BCUT2D eigenvalue weighted by molar-refractivity contribution is -0.140. The second kappa shape index (κ2) is 6.12. The Balaban J connectivity index is 3.12. The van der Waals surface area contributed by atoms with Crippen molar-refractivity contribution in [2.45, 2.75) is 11.8 Å². The zero-order valence-electron chi connectivity index (χ0n) is 9.96. The third-order valence-corrected chi connectivity index (χ3v) is 4.63. The van der Waals surface area contributed by atoms with Crippen molar-refractivity contribution in [1.82, 2.24) is 9.29 Å². The van der Waals surface area contributed by atoms with Crippen LogP contribution < -0.4 is 0 Å². The number of hydrogen-bond donors (Lipinski definition) is 0. The lowest BCUT2D eigenvalue weighted by Crippen LogP contribution is -2.36. The molecule has 8 heteroatoms. The number of hydrogen-bond acceptors (Lipinski definition) is 5. The van der Waals surface area contributed by atoms with Gasteiger partial charge < -0.3 is 4.74 Å². The van der Waals surface area contributed by atoms with Gasteiger partial charge in [0.1, 0.15) is 11.4 Å². The summed E-state index contributed by atoms with van der Waals surface area (Å²) >= 11 is 5.82. The predicted molar refractivity (Wildman–Crippen MR) is 65.7 cm³/mol. The Bertz CT molecular complexity index is 532. The fourth-order valence-electron chi connectivity index (χ4n) is 1.27. The van der Waals surface area contributed by atoms with Crippen LogP contribution in [0.15, 0.2) is 23.4 Å². The third-order valence-electron chi connectivity index (χ3n) is 2.24. The van der Waals surface area contributed by atoms with Crippen molar-refractivity contribution in [1.29, 1.82) is 0 Å². The molecule has 0 saturated heterocycles. The Morgan fingerprint density at radius 1 is 1.56 bits per heavy atom. The molecular formula is C10H13ClN2O4S. The highest BCUT2D eigenvalue weighted by atomic mass is 35.5. The Hall–Kier alpha value is -1.18. The van der Waals surface area contributed by atoms with E-state index in [0.717, 1.165) is 10.5 Å². The summed E-state index contributed by atoms with van der Waals surface area (Å²) < 4.78 is 29.9. The number of aromatic nitrogens is 1. The van der Waals surface area contributed by atoms with Crippen molar-refractivity contribution >= 4 is 27.6 Å². The van der Waals surface area contributed by atoms with Crippen LogP contribution in [0.1, 0.15) is 6.92 Å². The molecule has 100 valence electrons. The maximum Gasteiger partial charge on any atom is 0.321 e. The van der Waals surface area contributed by atoms with Gasteiger partial charge >= 0.3 is 5.97 Å². The number of likely N-dealkylation sites (N-methyl/N-ethyl adjacent to an activating group) is 1. The summed E-state index contributed by atoms with van der Waals surface area (Å²) in [5.74, 6) is -0.638. The molecule has 0 aliphatic carbocycles. The number of methoxy groups -OCH3 is 1. The van der Waals surface area contributed by atoms with Crippen molar-refractivity contribution in [2.75, 3.05) is 20.2 Å². The lowest BCUT2D eigenvalue weighted by Gasteiger charge is -2.19. The van der Waals surface area contributed by atoms with E-state index in [-0.39, 0.29) is 23.0 Å². The van der Waals surface area contributed by atoms with Crippen molar-refractivity contribution in [3.05, 3.63) is 23.5 Å². The van der Waals surface area contributed by atoms with Crippen LogP contribution in [-0.2, 0) is 19.6 Å². The van der Waals surface area contributed by atoms with Gasteiger partial charge in [0, 0.05) is 18.9 Å². The van der Waals surface area contributed by atoms with Gasteiger partial charge in [-0.1, -0.05) is 18.5 Å². The molecule has 18 heavy (non-hydrogen) atoms. The number of halogens is 1. The molecule has 0 saturated carbocycles. The Labute approximate surface area is 111 Å². The minimum absolute atomic E-state index is 0.0633. The maximum atomic E-state index is 12.2. The van der Waals surface area contributed by atoms with Gasteiger partial charge in [-0.25, -0.2) is 8.42 Å². The van der Waals surface area contributed by atoms with E-state index in [4.69, 9.17) is 11.6 Å². The second-order valence-electron chi connectivity index (χ2n) is 3.31. The second-order valence-corrected chi connectivity index (χ2v) is 5.63. The molecule has 0 aromatic carbocycles. The fraction of sp³-hybridized carbons (Fsp3) is 0.400. The molecule has 0 unspecified atom stereocenters. The van der Waals surface area contributed by atoms with Crippen molar-refractivity contribution < 1.29 is 17.9 Å². The zero-order chi connectivity index (χ0) is 13.8. The highest BCUT2D eigenvalue weighted by molar-refractivity contribution is 7.89. The molecule has 0 N–H and O–H groups in total. The first-order chi connectivity index (χ1) is 8.43. The van der Waals surface area contributed by atoms with Crippen LogP contribution in [0, 0.1) is 0 Å². The summed E-state index contributed by atoms with van der Waals surface area (Å²) in [7, 11) is -2.65. The van der Waals surface area contributed by atoms with Crippen molar-refractivity contribution in [3.8, 4) is 0 Å². The van der Waals surface area contributed by atoms with Crippen LogP contribution in [0.2, 0.25) is 5.02 Å². The normalized spacial score (nSPS) is 11.6. The van der Waals surface area contributed by atoms with E-state index in [2.05, 4.69) is 9.72 Å².